The molecule has 1 aromatic heterocycles. The van der Waals surface area contributed by atoms with E-state index in [-0.39, 0.29) is 0 Å². The van der Waals surface area contributed by atoms with Gasteiger partial charge in [0.25, 0.3) is 5.56 Å². The maximum atomic E-state index is 13.0. The Bertz CT molecular complexity index is 474. The van der Waals surface area contributed by atoms with E-state index in [0.29, 0.717) is 12.5 Å². The summed E-state index contributed by atoms with van der Waals surface area (Å²) in [6, 6.07) is 0. The Morgan fingerprint density at radius 1 is 1.50 bits per heavy atom. The second-order valence-electron chi connectivity index (χ2n) is 4.10. The van der Waals surface area contributed by atoms with Gasteiger partial charge < -0.3 is 5.32 Å². The van der Waals surface area contributed by atoms with Gasteiger partial charge in [-0.15, -0.1) is 0 Å². The number of rotatable bonds is 2. The predicted molar refractivity (Wildman–Crippen MR) is 56.9 cm³/mol. The van der Waals surface area contributed by atoms with E-state index in [0.717, 1.165) is 32.1 Å². The maximum absolute atomic E-state index is 13.0. The van der Waals surface area contributed by atoms with Gasteiger partial charge in [-0.25, -0.2) is 4.79 Å². The van der Waals surface area contributed by atoms with E-state index < -0.39 is 17.1 Å². The second kappa shape index (κ2) is 4.61. The molecule has 1 unspecified atom stereocenters. The largest absolute Gasteiger partial charge is 0.328 e. The van der Waals surface area contributed by atoms with Gasteiger partial charge in [-0.3, -0.25) is 14.3 Å². The van der Waals surface area contributed by atoms with Gasteiger partial charge in [-0.2, -0.15) is 4.39 Å². The molecule has 0 spiro atoms. The fourth-order valence-electron chi connectivity index (χ4n) is 1.98. The van der Waals surface area contributed by atoms with Crippen molar-refractivity contribution in [3.05, 3.63) is 32.9 Å². The lowest BCUT2D eigenvalue weighted by Gasteiger charge is -2.23. The zero-order chi connectivity index (χ0) is 11.5. The van der Waals surface area contributed by atoms with E-state index in [1.165, 1.54) is 4.57 Å². The summed E-state index contributed by atoms with van der Waals surface area (Å²) in [4.78, 5) is 24.2. The van der Waals surface area contributed by atoms with E-state index >= 15 is 0 Å². The molecule has 0 aromatic carbocycles. The molecule has 2 N–H and O–H groups in total. The summed E-state index contributed by atoms with van der Waals surface area (Å²) < 4.78 is 14.2. The molecule has 0 radical (unpaired) electrons. The third kappa shape index (κ3) is 2.38. The van der Waals surface area contributed by atoms with Crippen LogP contribution in [-0.4, -0.2) is 22.6 Å². The maximum Gasteiger partial charge on any atom is 0.328 e. The summed E-state index contributed by atoms with van der Waals surface area (Å²) in [5.74, 6) is -0.597. The van der Waals surface area contributed by atoms with Crippen LogP contribution in [0.25, 0.3) is 0 Å². The summed E-state index contributed by atoms with van der Waals surface area (Å²) in [7, 11) is 0. The first-order chi connectivity index (χ1) is 7.66. The average Bonchev–Trinajstić information content (AvgIpc) is 2.27. The van der Waals surface area contributed by atoms with E-state index in [1.54, 1.807) is 0 Å². The highest BCUT2D eigenvalue weighted by atomic mass is 19.1. The Labute approximate surface area is 91.3 Å². The van der Waals surface area contributed by atoms with Crippen LogP contribution in [0.15, 0.2) is 15.8 Å². The fourth-order valence-corrected chi connectivity index (χ4v) is 1.98. The van der Waals surface area contributed by atoms with Gasteiger partial charge in [-0.05, 0) is 31.8 Å². The molecule has 16 heavy (non-hydrogen) atoms. The molecule has 0 amide bonds. The number of halogens is 1. The Morgan fingerprint density at radius 2 is 2.31 bits per heavy atom. The molecular formula is C10H14FN3O2. The monoisotopic (exact) mass is 227 g/mol. The Morgan fingerprint density at radius 3 is 3.00 bits per heavy atom. The molecule has 2 heterocycles. The number of nitrogens with zero attached hydrogens (tertiary/aromatic N) is 1. The van der Waals surface area contributed by atoms with Crippen molar-refractivity contribution >= 4 is 0 Å². The first kappa shape index (κ1) is 11.1. The zero-order valence-corrected chi connectivity index (χ0v) is 8.83. The molecule has 1 saturated heterocycles. The van der Waals surface area contributed by atoms with Crippen LogP contribution in [0.2, 0.25) is 0 Å². The molecule has 6 heteroatoms. The van der Waals surface area contributed by atoms with Gasteiger partial charge >= 0.3 is 5.69 Å². The number of H-pyrrole nitrogens is 1. The summed E-state index contributed by atoms with van der Waals surface area (Å²) in [6.45, 7) is 2.26. The zero-order valence-electron chi connectivity index (χ0n) is 8.83. The Balaban J connectivity index is 2.17. The summed E-state index contributed by atoms with van der Waals surface area (Å²) in [6.07, 6.45) is 3.06. The first-order valence-electron chi connectivity index (χ1n) is 5.37. The Hall–Kier alpha value is -1.43. The smallest absolute Gasteiger partial charge is 0.316 e. The Kier molecular flexibility index (Phi) is 3.19. The first-order valence-corrected chi connectivity index (χ1v) is 5.37. The molecule has 0 bridgehead atoms. The molecular weight excluding hydrogens is 213 g/mol. The van der Waals surface area contributed by atoms with Gasteiger partial charge in [0.15, 0.2) is 0 Å². The van der Waals surface area contributed by atoms with Crippen LogP contribution in [0.5, 0.6) is 0 Å². The number of aromatic nitrogens is 2. The summed E-state index contributed by atoms with van der Waals surface area (Å²) >= 11 is 0. The topological polar surface area (TPSA) is 66.9 Å². The van der Waals surface area contributed by atoms with Gasteiger partial charge in [0.05, 0.1) is 6.20 Å². The lowest BCUT2D eigenvalue weighted by atomic mass is 10.00. The number of nitrogens with one attached hydrogen (secondary N) is 2. The lowest BCUT2D eigenvalue weighted by molar-refractivity contribution is 0.329. The molecule has 1 fully saturated rings. The summed E-state index contributed by atoms with van der Waals surface area (Å²) in [5, 5.41) is 3.22. The second-order valence-corrected chi connectivity index (χ2v) is 4.10. The molecule has 0 aliphatic carbocycles. The third-order valence-electron chi connectivity index (χ3n) is 2.82. The summed E-state index contributed by atoms with van der Waals surface area (Å²) in [5.41, 5.74) is -1.50. The van der Waals surface area contributed by atoms with Crippen molar-refractivity contribution in [2.75, 3.05) is 13.1 Å². The molecule has 5 nitrogen and oxygen atoms in total. The molecule has 2 rings (SSSR count). The van der Waals surface area contributed by atoms with Crippen molar-refractivity contribution in [1.82, 2.24) is 14.9 Å². The van der Waals surface area contributed by atoms with Gasteiger partial charge in [0.2, 0.25) is 5.82 Å². The number of piperidine rings is 1. The highest BCUT2D eigenvalue weighted by Crippen LogP contribution is 2.11. The van der Waals surface area contributed by atoms with Crippen LogP contribution in [-0.2, 0) is 6.54 Å². The third-order valence-corrected chi connectivity index (χ3v) is 2.82. The van der Waals surface area contributed by atoms with Crippen molar-refractivity contribution in [3.8, 4) is 0 Å². The van der Waals surface area contributed by atoms with Crippen molar-refractivity contribution in [3.63, 3.8) is 0 Å². The van der Waals surface area contributed by atoms with Crippen molar-refractivity contribution in [2.24, 2.45) is 5.92 Å². The molecule has 1 aliphatic rings. The minimum absolute atomic E-state index is 0.316. The van der Waals surface area contributed by atoms with E-state index in [4.69, 9.17) is 0 Å². The quantitative estimate of drug-likeness (QED) is 0.727. The molecule has 88 valence electrons. The normalized spacial score (nSPS) is 20.9. The number of aromatic amines is 1. The van der Waals surface area contributed by atoms with Crippen molar-refractivity contribution in [1.29, 1.82) is 0 Å². The predicted octanol–water partition coefficient (Wildman–Crippen LogP) is -0.325. The van der Waals surface area contributed by atoms with Crippen LogP contribution in [0.3, 0.4) is 0 Å². The van der Waals surface area contributed by atoms with E-state index in [9.17, 15) is 14.0 Å². The molecule has 0 saturated carbocycles. The van der Waals surface area contributed by atoms with Crippen LogP contribution < -0.4 is 16.6 Å². The molecule has 1 aliphatic heterocycles. The lowest BCUT2D eigenvalue weighted by Crippen LogP contribution is -2.37. The molecule has 1 aromatic rings. The standard InChI is InChI=1S/C10H14FN3O2/c11-8-6-14(10(16)13-9(8)15)5-7-2-1-3-12-4-7/h6-7,12H,1-5H2,(H,13,15,16). The van der Waals surface area contributed by atoms with E-state index in [1.807, 2.05) is 4.98 Å². The SMILES string of the molecule is O=c1[nH]c(=O)n(CC2CCCNC2)cc1F. The minimum atomic E-state index is -0.956. The van der Waals surface area contributed by atoms with Gasteiger partial charge in [-0.1, -0.05) is 0 Å². The van der Waals surface area contributed by atoms with Crippen LogP contribution >= 0.6 is 0 Å². The fraction of sp³-hybridized carbons (Fsp3) is 0.600. The van der Waals surface area contributed by atoms with Crippen LogP contribution in [0.4, 0.5) is 4.39 Å². The molecule has 1 atom stereocenters. The van der Waals surface area contributed by atoms with Gasteiger partial charge in [0.1, 0.15) is 0 Å². The van der Waals surface area contributed by atoms with Crippen molar-refractivity contribution in [2.45, 2.75) is 19.4 Å². The number of hydrogen-bond donors (Lipinski definition) is 2. The minimum Gasteiger partial charge on any atom is -0.316 e. The number of hydrogen-bond acceptors (Lipinski definition) is 3. The van der Waals surface area contributed by atoms with Gasteiger partial charge in [0, 0.05) is 6.54 Å². The van der Waals surface area contributed by atoms with Crippen molar-refractivity contribution < 1.29 is 4.39 Å². The van der Waals surface area contributed by atoms with E-state index in [2.05, 4.69) is 5.32 Å². The van der Waals surface area contributed by atoms with Crippen LogP contribution in [0.1, 0.15) is 12.8 Å². The average molecular weight is 227 g/mol. The highest BCUT2D eigenvalue weighted by molar-refractivity contribution is 4.87. The van der Waals surface area contributed by atoms with Crippen LogP contribution in [0, 0.1) is 11.7 Å². The highest BCUT2D eigenvalue weighted by Gasteiger charge is 2.14.